The number of hydrogen-bond donors (Lipinski definition) is 0. The number of allylic oxidation sites excluding steroid dienone is 1. The molecule has 0 spiro atoms. The first-order chi connectivity index (χ1) is 12.5. The molecule has 0 aromatic rings. The fourth-order valence-corrected chi connectivity index (χ4v) is 8.54. The van der Waals surface area contributed by atoms with E-state index in [-0.39, 0.29) is 40.5 Å². The van der Waals surface area contributed by atoms with Gasteiger partial charge in [0.05, 0.1) is 21.6 Å². The van der Waals surface area contributed by atoms with Gasteiger partial charge in [0.1, 0.15) is 5.78 Å². The number of carbonyl (C=O) groups excluding carboxylic acids is 3. The van der Waals surface area contributed by atoms with Crippen molar-refractivity contribution in [2.24, 2.45) is 34.5 Å². The van der Waals surface area contributed by atoms with Gasteiger partial charge >= 0.3 is 0 Å². The lowest BCUT2D eigenvalue weighted by Crippen LogP contribution is -2.68. The summed E-state index contributed by atoms with van der Waals surface area (Å²) in [4.78, 5) is 37.1. The van der Waals surface area contributed by atoms with E-state index >= 15 is 0 Å². The van der Waals surface area contributed by atoms with Gasteiger partial charge in [0.15, 0.2) is 11.6 Å². The van der Waals surface area contributed by atoms with Gasteiger partial charge in [-0.2, -0.15) is 0 Å². The maximum Gasteiger partial charge on any atom is 0.165 e. The van der Waals surface area contributed by atoms with Crippen molar-refractivity contribution in [3.8, 4) is 0 Å². The van der Waals surface area contributed by atoms with Gasteiger partial charge in [-0.3, -0.25) is 14.4 Å². The van der Waals surface area contributed by atoms with Crippen LogP contribution < -0.4 is 0 Å². The SMILES string of the molecule is CC(=O)[C@H]1CC[C@H]2[C@@H]3CCC4=CC(=O)C(C)C(=O)[C@]4(C)[C@@]3(Cl)C(Cl)C[C@]12C. The van der Waals surface area contributed by atoms with Crippen LogP contribution in [0.4, 0.5) is 0 Å². The maximum absolute atomic E-state index is 13.4. The second-order valence-corrected chi connectivity index (χ2v) is 10.9. The Morgan fingerprint density at radius 1 is 1.15 bits per heavy atom. The number of alkyl halides is 2. The lowest BCUT2D eigenvalue weighted by molar-refractivity contribution is -0.143. The van der Waals surface area contributed by atoms with Crippen LogP contribution in [-0.2, 0) is 14.4 Å². The predicted octanol–water partition coefficient (Wildman–Crippen LogP) is 4.73. The first-order valence-corrected chi connectivity index (χ1v) is 10.9. The number of carbonyl (C=O) groups is 3. The zero-order valence-corrected chi connectivity index (χ0v) is 18.0. The molecule has 2 unspecified atom stereocenters. The molecular weight excluding hydrogens is 383 g/mol. The number of fused-ring (bicyclic) bond motifs is 5. The molecule has 4 aliphatic rings. The molecule has 4 aliphatic carbocycles. The van der Waals surface area contributed by atoms with Crippen molar-refractivity contribution < 1.29 is 14.4 Å². The minimum Gasteiger partial charge on any atom is -0.300 e. The highest BCUT2D eigenvalue weighted by Gasteiger charge is 2.72. The van der Waals surface area contributed by atoms with Crippen molar-refractivity contribution in [3.05, 3.63) is 11.6 Å². The standard InChI is InChI=1S/C22H28Cl2O3/c1-11-17(26)9-13-5-6-16-15-8-7-14(12(2)25)20(15,3)10-18(23)22(16,24)21(13,4)19(11)27/h9,11,14-16,18H,5-8,10H2,1-4H3/t11?,14-,15+,16+,18?,20-,21-,22+/m1/s1. The van der Waals surface area contributed by atoms with Gasteiger partial charge in [-0.05, 0) is 76.2 Å². The van der Waals surface area contributed by atoms with Gasteiger partial charge in [-0.25, -0.2) is 0 Å². The van der Waals surface area contributed by atoms with Crippen LogP contribution >= 0.6 is 23.2 Å². The van der Waals surface area contributed by atoms with Gasteiger partial charge in [0.2, 0.25) is 0 Å². The Hall–Kier alpha value is -0.670. The zero-order chi connectivity index (χ0) is 19.9. The topological polar surface area (TPSA) is 51.2 Å². The van der Waals surface area contributed by atoms with Crippen molar-refractivity contribution in [1.82, 2.24) is 0 Å². The molecule has 3 nitrogen and oxygen atoms in total. The summed E-state index contributed by atoms with van der Waals surface area (Å²) in [5.41, 5.74) is -0.206. The monoisotopic (exact) mass is 410 g/mol. The van der Waals surface area contributed by atoms with Crippen LogP contribution in [0.15, 0.2) is 11.6 Å². The predicted molar refractivity (Wildman–Crippen MR) is 106 cm³/mol. The van der Waals surface area contributed by atoms with Crippen molar-refractivity contribution in [3.63, 3.8) is 0 Å². The van der Waals surface area contributed by atoms with Crippen molar-refractivity contribution in [2.75, 3.05) is 0 Å². The maximum atomic E-state index is 13.4. The number of halogens is 2. The molecule has 0 radical (unpaired) electrons. The van der Waals surface area contributed by atoms with Gasteiger partial charge < -0.3 is 0 Å². The number of hydrogen-bond acceptors (Lipinski definition) is 3. The summed E-state index contributed by atoms with van der Waals surface area (Å²) in [6, 6.07) is 0. The Bertz CT molecular complexity index is 774. The summed E-state index contributed by atoms with van der Waals surface area (Å²) in [6.45, 7) is 7.49. The lowest BCUT2D eigenvalue weighted by Gasteiger charge is -2.63. The highest BCUT2D eigenvalue weighted by molar-refractivity contribution is 6.35. The Balaban J connectivity index is 1.85. The van der Waals surface area contributed by atoms with E-state index in [4.69, 9.17) is 23.2 Å². The van der Waals surface area contributed by atoms with Crippen LogP contribution in [0, 0.1) is 34.5 Å². The summed E-state index contributed by atoms with van der Waals surface area (Å²) >= 11 is 14.4. The van der Waals surface area contributed by atoms with E-state index in [0.717, 1.165) is 24.8 Å². The molecule has 3 fully saturated rings. The molecule has 0 N–H and O–H groups in total. The minimum absolute atomic E-state index is 0.0253. The first kappa shape index (κ1) is 19.6. The second kappa shape index (κ2) is 5.92. The quantitative estimate of drug-likeness (QED) is 0.463. The molecule has 0 aliphatic heterocycles. The van der Waals surface area contributed by atoms with Crippen LogP contribution in [-0.4, -0.2) is 27.6 Å². The molecule has 27 heavy (non-hydrogen) atoms. The number of ketones is 3. The average molecular weight is 411 g/mol. The molecule has 0 aromatic carbocycles. The van der Waals surface area contributed by atoms with Gasteiger partial charge in [-0.15, -0.1) is 23.2 Å². The number of rotatable bonds is 1. The van der Waals surface area contributed by atoms with Gasteiger partial charge in [0.25, 0.3) is 0 Å². The highest BCUT2D eigenvalue weighted by Crippen LogP contribution is 2.70. The third-order valence-electron chi connectivity index (χ3n) is 8.76. The molecule has 3 saturated carbocycles. The summed E-state index contributed by atoms with van der Waals surface area (Å²) < 4.78 is 0. The van der Waals surface area contributed by atoms with Crippen molar-refractivity contribution in [1.29, 1.82) is 0 Å². The van der Waals surface area contributed by atoms with E-state index in [0.29, 0.717) is 12.8 Å². The molecule has 4 rings (SSSR count). The first-order valence-electron chi connectivity index (χ1n) is 10.1. The van der Waals surface area contributed by atoms with E-state index in [1.54, 1.807) is 19.9 Å². The summed E-state index contributed by atoms with van der Waals surface area (Å²) in [6.07, 6.45) is 5.68. The minimum atomic E-state index is -0.910. The van der Waals surface area contributed by atoms with Gasteiger partial charge in [-0.1, -0.05) is 12.5 Å². The highest BCUT2D eigenvalue weighted by atomic mass is 35.5. The zero-order valence-electron chi connectivity index (χ0n) is 16.5. The average Bonchev–Trinajstić information content (AvgIpc) is 2.93. The molecule has 0 bridgehead atoms. The fourth-order valence-electron chi connectivity index (χ4n) is 7.27. The smallest absolute Gasteiger partial charge is 0.165 e. The third-order valence-corrected chi connectivity index (χ3v) is 10.3. The molecule has 0 aromatic heterocycles. The van der Waals surface area contributed by atoms with E-state index in [1.165, 1.54) is 0 Å². The Morgan fingerprint density at radius 2 is 1.81 bits per heavy atom. The molecular formula is C22H28Cl2O3. The Labute approximate surface area is 171 Å². The number of Topliss-reactive ketones (excluding diaryl/α,β-unsaturated/α-hetero) is 2. The van der Waals surface area contributed by atoms with Crippen molar-refractivity contribution in [2.45, 2.75) is 70.1 Å². The Morgan fingerprint density at radius 3 is 2.44 bits per heavy atom. The molecule has 5 heteroatoms. The molecule has 148 valence electrons. The van der Waals surface area contributed by atoms with Crippen LogP contribution in [0.25, 0.3) is 0 Å². The van der Waals surface area contributed by atoms with E-state index in [2.05, 4.69) is 6.92 Å². The Kier molecular flexibility index (Phi) is 4.31. The van der Waals surface area contributed by atoms with Crippen LogP contribution in [0.5, 0.6) is 0 Å². The van der Waals surface area contributed by atoms with E-state index in [9.17, 15) is 14.4 Å². The van der Waals surface area contributed by atoms with Gasteiger partial charge in [0, 0.05) is 5.92 Å². The van der Waals surface area contributed by atoms with E-state index in [1.807, 2.05) is 6.92 Å². The second-order valence-electron chi connectivity index (χ2n) is 9.72. The normalized spacial score (nSPS) is 51.9. The molecule has 0 amide bonds. The lowest BCUT2D eigenvalue weighted by atomic mass is 9.45. The van der Waals surface area contributed by atoms with Crippen LogP contribution in [0.1, 0.15) is 59.8 Å². The van der Waals surface area contributed by atoms with Crippen LogP contribution in [0.2, 0.25) is 0 Å². The van der Waals surface area contributed by atoms with E-state index < -0.39 is 21.6 Å². The summed E-state index contributed by atoms with van der Waals surface area (Å²) in [5, 5.41) is -0.414. The molecule has 0 saturated heterocycles. The third kappa shape index (κ3) is 2.19. The summed E-state index contributed by atoms with van der Waals surface area (Å²) in [7, 11) is 0. The molecule has 8 atom stereocenters. The molecule has 0 heterocycles. The van der Waals surface area contributed by atoms with Crippen molar-refractivity contribution >= 4 is 40.6 Å². The summed E-state index contributed by atoms with van der Waals surface area (Å²) in [5.74, 6) is -0.234. The fraction of sp³-hybridized carbons (Fsp3) is 0.773. The van der Waals surface area contributed by atoms with Crippen LogP contribution in [0.3, 0.4) is 0 Å². The largest absolute Gasteiger partial charge is 0.300 e.